The number of ether oxygens (including phenoxy) is 1. The second-order valence-electron chi connectivity index (χ2n) is 6.03. The molecule has 1 heterocycles. The molecule has 1 saturated carbocycles. The number of benzene rings is 1. The van der Waals surface area contributed by atoms with Crippen molar-refractivity contribution in [2.45, 2.75) is 25.0 Å². The van der Waals surface area contributed by atoms with Crippen LogP contribution in [0.5, 0.6) is 5.75 Å². The van der Waals surface area contributed by atoms with Crippen LogP contribution in [0.15, 0.2) is 36.5 Å². The number of nitrogens with one attached hydrogen (secondary N) is 1. The highest BCUT2D eigenvalue weighted by Gasteiger charge is 2.37. The van der Waals surface area contributed by atoms with Crippen LogP contribution in [-0.2, 0) is 0 Å². The summed E-state index contributed by atoms with van der Waals surface area (Å²) < 4.78 is 32.7. The van der Waals surface area contributed by atoms with E-state index in [1.165, 1.54) is 13.2 Å². The van der Waals surface area contributed by atoms with E-state index >= 15 is 0 Å². The number of aliphatic hydroxyl groups excluding tert-OH is 1. The van der Waals surface area contributed by atoms with Gasteiger partial charge < -0.3 is 15.2 Å². The molecule has 1 atom stereocenters. The highest BCUT2D eigenvalue weighted by Crippen LogP contribution is 2.38. The van der Waals surface area contributed by atoms with E-state index in [1.807, 2.05) is 0 Å². The van der Waals surface area contributed by atoms with Crippen LogP contribution < -0.4 is 10.1 Å². The second-order valence-corrected chi connectivity index (χ2v) is 6.03. The number of nitrogens with zero attached hydrogens (tertiary/aromatic N) is 1. The van der Waals surface area contributed by atoms with Crippen molar-refractivity contribution < 1.29 is 23.4 Å². The molecule has 0 aliphatic heterocycles. The number of aliphatic hydroxyl groups is 1. The Labute approximate surface area is 143 Å². The summed E-state index contributed by atoms with van der Waals surface area (Å²) in [6.45, 7) is 0. The smallest absolute Gasteiger partial charge is 0.258 e. The van der Waals surface area contributed by atoms with Gasteiger partial charge in [-0.1, -0.05) is 6.07 Å². The Hall–Kier alpha value is -2.54. The zero-order valence-electron chi connectivity index (χ0n) is 13.6. The van der Waals surface area contributed by atoms with Crippen LogP contribution >= 0.6 is 0 Å². The van der Waals surface area contributed by atoms with Crippen molar-refractivity contribution in [2.24, 2.45) is 5.92 Å². The van der Waals surface area contributed by atoms with Gasteiger partial charge in [0.15, 0.2) is 11.6 Å². The lowest BCUT2D eigenvalue weighted by Crippen LogP contribution is -2.42. The van der Waals surface area contributed by atoms with Crippen molar-refractivity contribution in [3.8, 4) is 5.75 Å². The number of rotatable bonds is 5. The molecule has 1 aliphatic carbocycles. The van der Waals surface area contributed by atoms with Gasteiger partial charge in [-0.15, -0.1) is 0 Å². The molecule has 1 aromatic heterocycles. The molecule has 25 heavy (non-hydrogen) atoms. The number of carbonyl (C=O) groups excluding carboxylic acids is 1. The van der Waals surface area contributed by atoms with Gasteiger partial charge in [-0.2, -0.15) is 0 Å². The number of amides is 1. The molecule has 0 saturated heterocycles. The summed E-state index contributed by atoms with van der Waals surface area (Å²) in [4.78, 5) is 16.9. The Balaban J connectivity index is 1.90. The first-order chi connectivity index (χ1) is 12.0. The molecular weight excluding hydrogens is 330 g/mol. The van der Waals surface area contributed by atoms with Gasteiger partial charge in [0, 0.05) is 6.20 Å². The standard InChI is InChI=1S/C18H18F2N2O3/c1-25-14-6-5-12(19)16(20)15(14)18(24)22-17(10-8-11(23)9-10)13-4-2-3-7-21-13/h2-7,10-11,17,23H,8-9H2,1H3,(H,22,24)/t10?,11?,17-/m0/s1. The van der Waals surface area contributed by atoms with Gasteiger partial charge in [-0.3, -0.25) is 9.78 Å². The highest BCUT2D eigenvalue weighted by atomic mass is 19.2. The van der Waals surface area contributed by atoms with Gasteiger partial charge in [0.05, 0.1) is 24.9 Å². The minimum Gasteiger partial charge on any atom is -0.496 e. The molecule has 1 fully saturated rings. The van der Waals surface area contributed by atoms with E-state index in [4.69, 9.17) is 4.74 Å². The van der Waals surface area contributed by atoms with Gasteiger partial charge in [0.1, 0.15) is 11.3 Å². The van der Waals surface area contributed by atoms with E-state index in [0.717, 1.165) is 6.07 Å². The number of pyridine rings is 1. The molecule has 1 amide bonds. The summed E-state index contributed by atoms with van der Waals surface area (Å²) in [5, 5.41) is 12.3. The number of halogens is 2. The third-order valence-corrected chi connectivity index (χ3v) is 4.42. The molecule has 0 radical (unpaired) electrons. The maximum absolute atomic E-state index is 14.1. The topological polar surface area (TPSA) is 71.5 Å². The first-order valence-electron chi connectivity index (χ1n) is 7.93. The fourth-order valence-electron chi connectivity index (χ4n) is 3.02. The summed E-state index contributed by atoms with van der Waals surface area (Å²) in [6, 6.07) is 6.87. The van der Waals surface area contributed by atoms with Crippen molar-refractivity contribution in [3.05, 3.63) is 59.4 Å². The zero-order valence-corrected chi connectivity index (χ0v) is 13.6. The van der Waals surface area contributed by atoms with Gasteiger partial charge in [-0.25, -0.2) is 8.78 Å². The largest absolute Gasteiger partial charge is 0.496 e. The summed E-state index contributed by atoms with van der Waals surface area (Å²) >= 11 is 0. The molecule has 1 aliphatic rings. The van der Waals surface area contributed by atoms with E-state index in [9.17, 15) is 18.7 Å². The highest BCUT2D eigenvalue weighted by molar-refractivity contribution is 5.97. The lowest BCUT2D eigenvalue weighted by atomic mass is 9.76. The summed E-state index contributed by atoms with van der Waals surface area (Å²) in [7, 11) is 1.28. The van der Waals surface area contributed by atoms with E-state index < -0.39 is 35.3 Å². The quantitative estimate of drug-likeness (QED) is 0.871. The Morgan fingerprint density at radius 1 is 1.32 bits per heavy atom. The third-order valence-electron chi connectivity index (χ3n) is 4.42. The number of carbonyl (C=O) groups is 1. The van der Waals surface area contributed by atoms with Crippen LogP contribution in [0.1, 0.15) is 34.9 Å². The van der Waals surface area contributed by atoms with E-state index in [2.05, 4.69) is 10.3 Å². The first-order valence-corrected chi connectivity index (χ1v) is 7.93. The van der Waals surface area contributed by atoms with Crippen molar-refractivity contribution in [1.29, 1.82) is 0 Å². The summed E-state index contributed by atoms with van der Waals surface area (Å²) in [6.07, 6.45) is 2.18. The van der Waals surface area contributed by atoms with Crippen LogP contribution in [0, 0.1) is 17.6 Å². The minimum atomic E-state index is -1.26. The Kier molecular flexibility index (Phi) is 4.94. The molecule has 0 spiro atoms. The Morgan fingerprint density at radius 2 is 2.08 bits per heavy atom. The molecule has 1 aromatic carbocycles. The van der Waals surface area contributed by atoms with Crippen LogP contribution in [0.4, 0.5) is 8.78 Å². The fourth-order valence-corrected chi connectivity index (χ4v) is 3.02. The molecule has 7 heteroatoms. The summed E-state index contributed by atoms with van der Waals surface area (Å²) in [5.74, 6) is -3.25. The third kappa shape index (κ3) is 3.46. The lowest BCUT2D eigenvalue weighted by Gasteiger charge is -2.37. The van der Waals surface area contributed by atoms with Crippen LogP contribution in [0.25, 0.3) is 0 Å². The average molecular weight is 348 g/mol. The van der Waals surface area contributed by atoms with Gasteiger partial charge >= 0.3 is 0 Å². The van der Waals surface area contributed by atoms with Gasteiger partial charge in [0.2, 0.25) is 0 Å². The minimum absolute atomic E-state index is 0.0311. The van der Waals surface area contributed by atoms with Crippen molar-refractivity contribution in [2.75, 3.05) is 7.11 Å². The van der Waals surface area contributed by atoms with Crippen LogP contribution in [-0.4, -0.2) is 29.2 Å². The Bertz CT molecular complexity index is 764. The maximum Gasteiger partial charge on any atom is 0.258 e. The SMILES string of the molecule is COc1ccc(F)c(F)c1C(=O)N[C@H](c1ccccn1)C1CC(O)C1. The Morgan fingerprint density at radius 3 is 2.68 bits per heavy atom. The molecule has 0 bridgehead atoms. The van der Waals surface area contributed by atoms with Crippen molar-refractivity contribution in [1.82, 2.24) is 10.3 Å². The average Bonchev–Trinajstić information content (AvgIpc) is 2.60. The number of hydrogen-bond donors (Lipinski definition) is 2. The molecular formula is C18H18F2N2O3. The number of aromatic nitrogens is 1. The molecule has 0 unspecified atom stereocenters. The molecule has 2 N–H and O–H groups in total. The number of methoxy groups -OCH3 is 1. The van der Waals surface area contributed by atoms with Gasteiger partial charge in [-0.05, 0) is 43.0 Å². The fraction of sp³-hybridized carbons (Fsp3) is 0.333. The zero-order chi connectivity index (χ0) is 18.0. The van der Waals surface area contributed by atoms with Crippen LogP contribution in [0.2, 0.25) is 0 Å². The predicted molar refractivity (Wildman–Crippen MR) is 86.1 cm³/mol. The molecule has 132 valence electrons. The summed E-state index contributed by atoms with van der Waals surface area (Å²) in [5.41, 5.74) is 0.117. The van der Waals surface area contributed by atoms with Gasteiger partial charge in [0.25, 0.3) is 5.91 Å². The monoisotopic (exact) mass is 348 g/mol. The van der Waals surface area contributed by atoms with Crippen LogP contribution in [0.3, 0.4) is 0 Å². The predicted octanol–water partition coefficient (Wildman–Crippen LogP) is 2.61. The van der Waals surface area contributed by atoms with E-state index in [0.29, 0.717) is 18.5 Å². The molecule has 2 aromatic rings. The molecule has 5 nitrogen and oxygen atoms in total. The van der Waals surface area contributed by atoms with Crippen molar-refractivity contribution >= 4 is 5.91 Å². The van der Waals surface area contributed by atoms with Crippen molar-refractivity contribution in [3.63, 3.8) is 0 Å². The lowest BCUT2D eigenvalue weighted by molar-refractivity contribution is 0.0227. The first kappa shape index (κ1) is 17.3. The normalized spacial score (nSPS) is 20.5. The second kappa shape index (κ2) is 7.14. The molecule has 3 rings (SSSR count). The van der Waals surface area contributed by atoms with E-state index in [1.54, 1.807) is 24.4 Å². The maximum atomic E-state index is 14.1. The van der Waals surface area contributed by atoms with E-state index in [-0.39, 0.29) is 11.7 Å². The number of hydrogen-bond acceptors (Lipinski definition) is 4.